The van der Waals surface area contributed by atoms with Crippen LogP contribution in [-0.2, 0) is 6.54 Å². The monoisotopic (exact) mass is 310 g/mol. The molecule has 0 aliphatic carbocycles. The molecule has 0 radical (unpaired) electrons. The fraction of sp³-hybridized carbons (Fsp3) is 0.333. The van der Waals surface area contributed by atoms with E-state index in [0.29, 0.717) is 12.5 Å². The number of hydrogen-bond donors (Lipinski definition) is 1. The van der Waals surface area contributed by atoms with Crippen molar-refractivity contribution in [2.24, 2.45) is 5.73 Å². The predicted octanol–water partition coefficient (Wildman–Crippen LogP) is 3.01. The van der Waals surface area contributed by atoms with Gasteiger partial charge in [-0.1, -0.05) is 0 Å². The first-order valence-corrected chi connectivity index (χ1v) is 6.76. The van der Waals surface area contributed by atoms with Gasteiger partial charge >= 0.3 is 0 Å². The molecule has 114 valence electrons. The van der Waals surface area contributed by atoms with E-state index >= 15 is 0 Å². The highest BCUT2D eigenvalue weighted by Crippen LogP contribution is 2.21. The molecule has 0 aliphatic heterocycles. The molecule has 21 heavy (non-hydrogen) atoms. The van der Waals surface area contributed by atoms with Crippen LogP contribution in [0.1, 0.15) is 19.5 Å². The minimum absolute atomic E-state index is 0. The highest BCUT2D eigenvalue weighted by Gasteiger charge is 2.10. The maximum atomic E-state index is 13.0. The Morgan fingerprint density at radius 1 is 1.10 bits per heavy atom. The van der Waals surface area contributed by atoms with Gasteiger partial charge in [-0.15, -0.1) is 12.4 Å². The van der Waals surface area contributed by atoms with E-state index < -0.39 is 0 Å². The molecule has 0 atom stereocenters. The summed E-state index contributed by atoms with van der Waals surface area (Å²) in [5.41, 5.74) is 8.11. The predicted molar refractivity (Wildman–Crippen MR) is 86.1 cm³/mol. The van der Waals surface area contributed by atoms with Gasteiger partial charge < -0.3 is 10.6 Å². The molecule has 0 bridgehead atoms. The van der Waals surface area contributed by atoms with Crippen LogP contribution in [0.15, 0.2) is 30.3 Å². The van der Waals surface area contributed by atoms with Gasteiger partial charge in [0.15, 0.2) is 0 Å². The van der Waals surface area contributed by atoms with Crippen LogP contribution in [-0.4, -0.2) is 23.1 Å². The Bertz CT molecular complexity index is 570. The summed E-state index contributed by atoms with van der Waals surface area (Å²) >= 11 is 0. The van der Waals surface area contributed by atoms with E-state index in [-0.39, 0.29) is 18.2 Å². The lowest BCUT2D eigenvalue weighted by Crippen LogP contribution is -2.25. The molecule has 2 rings (SSSR count). The fourth-order valence-corrected chi connectivity index (χ4v) is 2.00. The first-order chi connectivity index (χ1) is 9.67. The highest BCUT2D eigenvalue weighted by molar-refractivity contribution is 5.85. The number of rotatable bonds is 5. The van der Waals surface area contributed by atoms with E-state index in [4.69, 9.17) is 5.73 Å². The largest absolute Gasteiger partial charge is 0.341 e. The van der Waals surface area contributed by atoms with Gasteiger partial charge in [-0.05, 0) is 44.2 Å². The summed E-state index contributed by atoms with van der Waals surface area (Å²) in [4.78, 5) is 11.1. The Hall–Kier alpha value is -1.72. The second-order valence-corrected chi connectivity index (χ2v) is 4.43. The summed E-state index contributed by atoms with van der Waals surface area (Å²) in [6.07, 6.45) is 0. The zero-order valence-electron chi connectivity index (χ0n) is 12.2. The number of anilines is 1. The fourth-order valence-electron chi connectivity index (χ4n) is 2.00. The number of benzene rings is 1. The number of hydrogen-bond acceptors (Lipinski definition) is 4. The van der Waals surface area contributed by atoms with Gasteiger partial charge in [-0.2, -0.15) is 0 Å². The topological polar surface area (TPSA) is 55.0 Å². The van der Waals surface area contributed by atoms with Crippen molar-refractivity contribution in [2.45, 2.75) is 20.4 Å². The van der Waals surface area contributed by atoms with Gasteiger partial charge in [0.2, 0.25) is 5.95 Å². The lowest BCUT2D eigenvalue weighted by molar-refractivity contribution is 0.628. The zero-order chi connectivity index (χ0) is 14.5. The van der Waals surface area contributed by atoms with Gasteiger partial charge in [-0.25, -0.2) is 14.4 Å². The second kappa shape index (κ2) is 7.90. The van der Waals surface area contributed by atoms with Crippen molar-refractivity contribution in [3.8, 4) is 11.3 Å². The summed E-state index contributed by atoms with van der Waals surface area (Å²) in [7, 11) is 0. The molecular formula is C15H20ClFN4. The molecule has 0 aliphatic rings. The normalized spacial score (nSPS) is 10.1. The highest BCUT2D eigenvalue weighted by atomic mass is 35.5. The van der Waals surface area contributed by atoms with E-state index in [1.54, 1.807) is 12.1 Å². The Morgan fingerprint density at radius 2 is 1.71 bits per heavy atom. The first-order valence-electron chi connectivity index (χ1n) is 6.76. The van der Waals surface area contributed by atoms with Crippen molar-refractivity contribution in [1.29, 1.82) is 0 Å². The third-order valence-electron chi connectivity index (χ3n) is 3.16. The number of nitrogens with two attached hydrogens (primary N) is 1. The quantitative estimate of drug-likeness (QED) is 0.922. The molecule has 6 heteroatoms. The summed E-state index contributed by atoms with van der Waals surface area (Å²) < 4.78 is 13.0. The molecule has 0 amide bonds. The smallest absolute Gasteiger partial charge is 0.226 e. The zero-order valence-corrected chi connectivity index (χ0v) is 13.0. The molecule has 0 spiro atoms. The van der Waals surface area contributed by atoms with E-state index in [2.05, 4.69) is 28.7 Å². The molecule has 1 aromatic heterocycles. The lowest BCUT2D eigenvalue weighted by atomic mass is 10.1. The van der Waals surface area contributed by atoms with Crippen LogP contribution in [0.4, 0.5) is 10.3 Å². The minimum atomic E-state index is -0.258. The Kier molecular flexibility index (Phi) is 6.52. The van der Waals surface area contributed by atoms with Gasteiger partial charge in [-0.3, -0.25) is 0 Å². The molecule has 0 saturated heterocycles. The van der Waals surface area contributed by atoms with Gasteiger partial charge in [0, 0.05) is 25.2 Å². The third kappa shape index (κ3) is 4.12. The van der Waals surface area contributed by atoms with Crippen molar-refractivity contribution in [3.05, 3.63) is 41.8 Å². The second-order valence-electron chi connectivity index (χ2n) is 4.43. The van der Waals surface area contributed by atoms with Crippen molar-refractivity contribution >= 4 is 18.4 Å². The Morgan fingerprint density at radius 3 is 2.24 bits per heavy atom. The summed E-state index contributed by atoms with van der Waals surface area (Å²) in [6, 6.07) is 8.13. The maximum Gasteiger partial charge on any atom is 0.226 e. The maximum absolute atomic E-state index is 13.0. The molecular weight excluding hydrogens is 291 g/mol. The number of halogens is 2. The average molecular weight is 311 g/mol. The molecule has 4 nitrogen and oxygen atoms in total. The molecule has 0 unspecified atom stereocenters. The summed E-state index contributed by atoms with van der Waals surface area (Å²) in [5, 5.41) is 0. The minimum Gasteiger partial charge on any atom is -0.341 e. The van der Waals surface area contributed by atoms with E-state index in [1.807, 2.05) is 6.07 Å². The van der Waals surface area contributed by atoms with Crippen molar-refractivity contribution in [2.75, 3.05) is 18.0 Å². The van der Waals surface area contributed by atoms with Crippen LogP contribution in [0, 0.1) is 5.82 Å². The third-order valence-corrected chi connectivity index (χ3v) is 3.16. The van der Waals surface area contributed by atoms with Gasteiger partial charge in [0.05, 0.1) is 11.4 Å². The van der Waals surface area contributed by atoms with E-state index in [9.17, 15) is 4.39 Å². The van der Waals surface area contributed by atoms with Crippen molar-refractivity contribution in [1.82, 2.24) is 9.97 Å². The van der Waals surface area contributed by atoms with Crippen LogP contribution in [0.5, 0.6) is 0 Å². The Balaban J connectivity index is 0.00000220. The van der Waals surface area contributed by atoms with Crippen LogP contribution >= 0.6 is 12.4 Å². The van der Waals surface area contributed by atoms with Gasteiger partial charge in [0.25, 0.3) is 0 Å². The molecule has 0 saturated carbocycles. The summed E-state index contributed by atoms with van der Waals surface area (Å²) in [5.74, 6) is 0.406. The van der Waals surface area contributed by atoms with Crippen molar-refractivity contribution < 1.29 is 4.39 Å². The van der Waals surface area contributed by atoms with E-state index in [0.717, 1.165) is 30.0 Å². The number of aromatic nitrogens is 2. The SMILES string of the molecule is CCN(CC)c1nc(CN)cc(-c2ccc(F)cc2)n1.Cl. The van der Waals surface area contributed by atoms with Crippen LogP contribution in [0.25, 0.3) is 11.3 Å². The molecule has 1 aromatic carbocycles. The first kappa shape index (κ1) is 17.3. The molecule has 2 N–H and O–H groups in total. The van der Waals surface area contributed by atoms with Crippen LogP contribution in [0.2, 0.25) is 0 Å². The van der Waals surface area contributed by atoms with Crippen LogP contribution < -0.4 is 10.6 Å². The number of nitrogens with zero attached hydrogens (tertiary/aromatic N) is 3. The van der Waals surface area contributed by atoms with Crippen LogP contribution in [0.3, 0.4) is 0 Å². The lowest BCUT2D eigenvalue weighted by Gasteiger charge is -2.19. The average Bonchev–Trinajstić information content (AvgIpc) is 2.49. The van der Waals surface area contributed by atoms with E-state index in [1.165, 1.54) is 12.1 Å². The van der Waals surface area contributed by atoms with Gasteiger partial charge in [0.1, 0.15) is 5.82 Å². The van der Waals surface area contributed by atoms with Crippen molar-refractivity contribution in [3.63, 3.8) is 0 Å². The molecule has 0 fully saturated rings. The standard InChI is InChI=1S/C15H19FN4.ClH/c1-3-20(4-2)15-18-13(10-17)9-14(19-15)11-5-7-12(16)8-6-11;/h5-9H,3-4,10,17H2,1-2H3;1H. The molecule has 1 heterocycles. The molecule has 2 aromatic rings. The Labute approximate surface area is 130 Å². The summed E-state index contributed by atoms with van der Waals surface area (Å²) in [6.45, 7) is 6.12.